The number of carbonyl (C=O) groups excluding carboxylic acids is 2. The molecule has 3 rings (SSSR count). The quantitative estimate of drug-likeness (QED) is 0.948. The third kappa shape index (κ3) is 3.29. The molecule has 1 aromatic carbocycles. The van der Waals surface area contributed by atoms with Crippen LogP contribution in [-0.4, -0.2) is 21.7 Å². The highest BCUT2D eigenvalue weighted by Crippen LogP contribution is 2.33. The molecule has 5 heteroatoms. The number of amides is 2. The molecule has 1 N–H and O–H groups in total. The number of fused-ring (bicyclic) bond motifs is 1. The number of nitrogens with one attached hydrogen (secondary N) is 1. The first kappa shape index (κ1) is 15.0. The van der Waals surface area contributed by atoms with Crippen molar-refractivity contribution in [1.29, 1.82) is 0 Å². The van der Waals surface area contributed by atoms with Gasteiger partial charge in [0.1, 0.15) is 0 Å². The second-order valence-corrected chi connectivity index (χ2v) is 5.38. The monoisotopic (exact) mass is 307 g/mol. The molecule has 1 atom stereocenters. The van der Waals surface area contributed by atoms with Gasteiger partial charge in [0.15, 0.2) is 0 Å². The lowest BCUT2D eigenvalue weighted by Crippen LogP contribution is -2.33. The van der Waals surface area contributed by atoms with Gasteiger partial charge in [0.25, 0.3) is 0 Å². The number of carbonyl (C=O) groups is 2. The summed E-state index contributed by atoms with van der Waals surface area (Å²) in [4.78, 5) is 29.8. The van der Waals surface area contributed by atoms with Gasteiger partial charge in [0, 0.05) is 19.3 Å². The number of benzene rings is 1. The zero-order valence-corrected chi connectivity index (χ0v) is 12.8. The molecule has 2 heterocycles. The average molecular weight is 307 g/mol. The van der Waals surface area contributed by atoms with Crippen LogP contribution in [0, 0.1) is 0 Å². The Morgan fingerprint density at radius 2 is 2.04 bits per heavy atom. The van der Waals surface area contributed by atoms with Gasteiger partial charge in [-0.3, -0.25) is 14.6 Å². The number of aromatic nitrogens is 1. The van der Waals surface area contributed by atoms with Gasteiger partial charge in [0.05, 0.1) is 24.3 Å². The fourth-order valence-corrected chi connectivity index (χ4v) is 2.74. The van der Waals surface area contributed by atoms with Crippen molar-refractivity contribution in [3.05, 3.63) is 66.1 Å². The molecular formula is C18H17N3O2. The van der Waals surface area contributed by atoms with Gasteiger partial charge < -0.3 is 10.2 Å². The number of rotatable bonds is 3. The lowest BCUT2D eigenvalue weighted by molar-refractivity contribution is -0.129. The molecule has 0 saturated heterocycles. The van der Waals surface area contributed by atoms with E-state index in [0.717, 1.165) is 11.1 Å². The Bertz CT molecular complexity index is 756. The second-order valence-electron chi connectivity index (χ2n) is 5.38. The number of anilines is 1. The Balaban J connectivity index is 1.82. The van der Waals surface area contributed by atoms with Gasteiger partial charge in [-0.25, -0.2) is 0 Å². The third-order valence-corrected chi connectivity index (χ3v) is 3.79. The van der Waals surface area contributed by atoms with E-state index in [1.54, 1.807) is 35.6 Å². The van der Waals surface area contributed by atoms with E-state index in [2.05, 4.69) is 10.3 Å². The van der Waals surface area contributed by atoms with E-state index in [1.165, 1.54) is 6.92 Å². The standard InChI is InChI=1S/C18H17N3O2/c1-13(22)21-10-8-14-5-2-3-7-16(14)17(21)11-18(23)20-15-6-4-9-19-12-15/h2-10,12,17H,11H2,1H3,(H,20,23)/t17-/m0/s1. The van der Waals surface area contributed by atoms with E-state index in [9.17, 15) is 9.59 Å². The minimum atomic E-state index is -0.301. The third-order valence-electron chi connectivity index (χ3n) is 3.79. The van der Waals surface area contributed by atoms with Crippen molar-refractivity contribution in [2.45, 2.75) is 19.4 Å². The fourth-order valence-electron chi connectivity index (χ4n) is 2.74. The van der Waals surface area contributed by atoms with Crippen molar-refractivity contribution in [3.63, 3.8) is 0 Å². The Hall–Kier alpha value is -2.95. The summed E-state index contributed by atoms with van der Waals surface area (Å²) in [5.74, 6) is -0.241. The topological polar surface area (TPSA) is 62.3 Å². The van der Waals surface area contributed by atoms with Crippen molar-refractivity contribution in [3.8, 4) is 0 Å². The summed E-state index contributed by atoms with van der Waals surface area (Å²) in [7, 11) is 0. The van der Waals surface area contributed by atoms with E-state index in [4.69, 9.17) is 0 Å². The lowest BCUT2D eigenvalue weighted by atomic mass is 9.93. The molecular weight excluding hydrogens is 290 g/mol. The molecule has 23 heavy (non-hydrogen) atoms. The molecule has 5 nitrogen and oxygen atoms in total. The highest BCUT2D eigenvalue weighted by atomic mass is 16.2. The molecule has 2 aromatic rings. The van der Waals surface area contributed by atoms with Crippen LogP contribution in [0.3, 0.4) is 0 Å². The van der Waals surface area contributed by atoms with Gasteiger partial charge in [-0.1, -0.05) is 24.3 Å². The van der Waals surface area contributed by atoms with Crippen LogP contribution in [0.15, 0.2) is 55.0 Å². The summed E-state index contributed by atoms with van der Waals surface area (Å²) >= 11 is 0. The zero-order valence-electron chi connectivity index (χ0n) is 12.8. The Morgan fingerprint density at radius 1 is 1.22 bits per heavy atom. The molecule has 1 aliphatic heterocycles. The summed E-state index contributed by atoms with van der Waals surface area (Å²) in [6, 6.07) is 11.0. The second kappa shape index (κ2) is 6.44. The number of nitrogens with zero attached hydrogens (tertiary/aromatic N) is 2. The minimum absolute atomic E-state index is 0.0880. The number of hydrogen-bond acceptors (Lipinski definition) is 3. The smallest absolute Gasteiger partial charge is 0.226 e. The molecule has 1 aliphatic rings. The fraction of sp³-hybridized carbons (Fsp3) is 0.167. The maximum Gasteiger partial charge on any atom is 0.226 e. The molecule has 2 amide bonds. The van der Waals surface area contributed by atoms with Crippen LogP contribution in [0.5, 0.6) is 0 Å². The van der Waals surface area contributed by atoms with Crippen LogP contribution in [0.4, 0.5) is 5.69 Å². The van der Waals surface area contributed by atoms with Crippen LogP contribution < -0.4 is 5.32 Å². The van der Waals surface area contributed by atoms with Crippen LogP contribution in [-0.2, 0) is 9.59 Å². The maximum atomic E-state index is 12.4. The van der Waals surface area contributed by atoms with Gasteiger partial charge in [-0.15, -0.1) is 0 Å². The largest absolute Gasteiger partial charge is 0.325 e. The highest BCUT2D eigenvalue weighted by Gasteiger charge is 2.28. The molecule has 1 aromatic heterocycles. The molecule has 0 bridgehead atoms. The van der Waals surface area contributed by atoms with Gasteiger partial charge in [0.2, 0.25) is 11.8 Å². The molecule has 0 saturated carbocycles. The SMILES string of the molecule is CC(=O)N1C=Cc2ccccc2[C@@H]1CC(=O)Nc1cccnc1. The summed E-state index contributed by atoms with van der Waals surface area (Å²) in [5.41, 5.74) is 2.65. The Kier molecular flexibility index (Phi) is 4.19. The summed E-state index contributed by atoms with van der Waals surface area (Å²) < 4.78 is 0. The van der Waals surface area contributed by atoms with E-state index in [1.807, 2.05) is 30.3 Å². The van der Waals surface area contributed by atoms with Crippen molar-refractivity contribution in [2.75, 3.05) is 5.32 Å². The first-order valence-electron chi connectivity index (χ1n) is 7.41. The summed E-state index contributed by atoms with van der Waals surface area (Å²) in [5, 5.41) is 2.82. The van der Waals surface area contributed by atoms with E-state index in [-0.39, 0.29) is 24.3 Å². The Morgan fingerprint density at radius 3 is 2.78 bits per heavy atom. The predicted octanol–water partition coefficient (Wildman–Crippen LogP) is 2.98. The van der Waals surface area contributed by atoms with Crippen LogP contribution in [0.2, 0.25) is 0 Å². The highest BCUT2D eigenvalue weighted by molar-refractivity contribution is 5.91. The predicted molar refractivity (Wildman–Crippen MR) is 88.2 cm³/mol. The van der Waals surface area contributed by atoms with E-state index in [0.29, 0.717) is 5.69 Å². The first-order chi connectivity index (χ1) is 11.1. The molecule has 0 aliphatic carbocycles. The number of hydrogen-bond donors (Lipinski definition) is 1. The van der Waals surface area contributed by atoms with Crippen LogP contribution >= 0.6 is 0 Å². The molecule has 0 fully saturated rings. The molecule has 0 unspecified atom stereocenters. The number of pyridine rings is 1. The van der Waals surface area contributed by atoms with Crippen LogP contribution in [0.1, 0.15) is 30.5 Å². The van der Waals surface area contributed by atoms with Gasteiger partial charge in [-0.05, 0) is 29.3 Å². The first-order valence-corrected chi connectivity index (χ1v) is 7.41. The van der Waals surface area contributed by atoms with Gasteiger partial charge >= 0.3 is 0 Å². The zero-order chi connectivity index (χ0) is 16.2. The summed E-state index contributed by atoms with van der Waals surface area (Å²) in [6.07, 6.45) is 7.07. The Labute approximate surface area is 134 Å². The molecule has 0 radical (unpaired) electrons. The van der Waals surface area contributed by atoms with E-state index < -0.39 is 0 Å². The van der Waals surface area contributed by atoms with Crippen molar-refractivity contribution in [1.82, 2.24) is 9.88 Å². The minimum Gasteiger partial charge on any atom is -0.325 e. The van der Waals surface area contributed by atoms with Crippen molar-refractivity contribution < 1.29 is 9.59 Å². The molecule has 116 valence electrons. The van der Waals surface area contributed by atoms with Gasteiger partial charge in [-0.2, -0.15) is 0 Å². The van der Waals surface area contributed by atoms with E-state index >= 15 is 0 Å². The average Bonchev–Trinajstić information content (AvgIpc) is 2.55. The maximum absolute atomic E-state index is 12.4. The lowest BCUT2D eigenvalue weighted by Gasteiger charge is -2.32. The van der Waals surface area contributed by atoms with Crippen LogP contribution in [0.25, 0.3) is 6.08 Å². The van der Waals surface area contributed by atoms with Crippen molar-refractivity contribution in [2.24, 2.45) is 0 Å². The molecule has 0 spiro atoms. The van der Waals surface area contributed by atoms with Crippen molar-refractivity contribution >= 4 is 23.6 Å². The normalized spacial score (nSPS) is 15.9. The summed E-state index contributed by atoms with van der Waals surface area (Å²) in [6.45, 7) is 1.50.